The number of nitrogens with one attached hydrogen (secondary N) is 1. The van der Waals surface area contributed by atoms with E-state index < -0.39 is 12.2 Å². The van der Waals surface area contributed by atoms with Gasteiger partial charge in [-0.05, 0) is 5.56 Å². The van der Waals surface area contributed by atoms with Crippen LogP contribution in [0.15, 0.2) is 42.5 Å². The Hall–Kier alpha value is -1.65. The molecule has 1 amide bonds. The van der Waals surface area contributed by atoms with Crippen LogP contribution in [-0.4, -0.2) is 22.4 Å². The summed E-state index contributed by atoms with van der Waals surface area (Å²) >= 11 is 0. The van der Waals surface area contributed by atoms with Gasteiger partial charge in [-0.15, -0.1) is 0 Å². The third kappa shape index (κ3) is 3.53. The molecule has 0 spiro atoms. The Morgan fingerprint density at radius 3 is 2.47 bits per heavy atom. The van der Waals surface area contributed by atoms with Crippen molar-refractivity contribution in [1.82, 2.24) is 5.32 Å². The zero-order valence-electron chi connectivity index (χ0n) is 8.18. The highest BCUT2D eigenvalue weighted by Crippen LogP contribution is 2.00. The molecule has 4 heteroatoms. The second-order valence-electron chi connectivity index (χ2n) is 3.07. The van der Waals surface area contributed by atoms with Gasteiger partial charge in [-0.1, -0.05) is 36.9 Å². The summed E-state index contributed by atoms with van der Waals surface area (Å²) < 4.78 is 0. The van der Waals surface area contributed by atoms with Crippen LogP contribution < -0.4 is 5.32 Å². The van der Waals surface area contributed by atoms with E-state index in [2.05, 4.69) is 11.9 Å². The van der Waals surface area contributed by atoms with Gasteiger partial charge in [-0.3, -0.25) is 4.79 Å². The quantitative estimate of drug-likeness (QED) is 0.487. The Morgan fingerprint density at radius 2 is 1.93 bits per heavy atom. The summed E-state index contributed by atoms with van der Waals surface area (Å²) in [5, 5.41) is 19.9. The topological polar surface area (TPSA) is 69.6 Å². The zero-order valence-corrected chi connectivity index (χ0v) is 8.18. The molecule has 4 nitrogen and oxygen atoms in total. The molecule has 80 valence electrons. The monoisotopic (exact) mass is 207 g/mol. The largest absolute Gasteiger partial charge is 0.364 e. The second-order valence-corrected chi connectivity index (χ2v) is 3.07. The molecule has 0 saturated carbocycles. The summed E-state index contributed by atoms with van der Waals surface area (Å²) in [7, 11) is 0. The van der Waals surface area contributed by atoms with Crippen LogP contribution >= 0.6 is 0 Å². The molecule has 0 aliphatic carbocycles. The van der Waals surface area contributed by atoms with E-state index in [1.165, 1.54) is 0 Å². The standard InChI is InChI=1S/C11H13NO3/c1-8(11(14)15)10(13)12-7-9-5-3-2-4-6-9/h2-6,11,14-15H,1,7H2,(H,12,13). The van der Waals surface area contributed by atoms with E-state index in [4.69, 9.17) is 10.2 Å². The average Bonchev–Trinajstić information content (AvgIpc) is 2.26. The highest BCUT2D eigenvalue weighted by Gasteiger charge is 2.12. The smallest absolute Gasteiger partial charge is 0.251 e. The molecule has 0 saturated heterocycles. The summed E-state index contributed by atoms with van der Waals surface area (Å²) in [6.45, 7) is 3.59. The number of benzene rings is 1. The van der Waals surface area contributed by atoms with E-state index in [1.807, 2.05) is 30.3 Å². The lowest BCUT2D eigenvalue weighted by atomic mass is 10.2. The Morgan fingerprint density at radius 1 is 1.33 bits per heavy atom. The Labute approximate surface area is 87.9 Å². The number of amides is 1. The first-order valence-corrected chi connectivity index (χ1v) is 4.48. The minimum atomic E-state index is -1.80. The van der Waals surface area contributed by atoms with Gasteiger partial charge in [0.1, 0.15) is 0 Å². The lowest BCUT2D eigenvalue weighted by Gasteiger charge is -2.08. The molecule has 15 heavy (non-hydrogen) atoms. The van der Waals surface area contributed by atoms with Crippen LogP contribution in [0.5, 0.6) is 0 Å². The first kappa shape index (κ1) is 11.4. The van der Waals surface area contributed by atoms with Crippen molar-refractivity contribution < 1.29 is 15.0 Å². The van der Waals surface area contributed by atoms with Crippen LogP contribution in [0.3, 0.4) is 0 Å². The van der Waals surface area contributed by atoms with Gasteiger partial charge in [-0.25, -0.2) is 0 Å². The maximum Gasteiger partial charge on any atom is 0.251 e. The van der Waals surface area contributed by atoms with E-state index in [1.54, 1.807) is 0 Å². The van der Waals surface area contributed by atoms with Crippen LogP contribution in [0, 0.1) is 0 Å². The maximum atomic E-state index is 11.2. The molecule has 0 aromatic heterocycles. The zero-order chi connectivity index (χ0) is 11.3. The predicted molar refractivity (Wildman–Crippen MR) is 55.7 cm³/mol. The lowest BCUT2D eigenvalue weighted by molar-refractivity contribution is -0.121. The third-order valence-electron chi connectivity index (χ3n) is 1.90. The van der Waals surface area contributed by atoms with Crippen LogP contribution in [0.25, 0.3) is 0 Å². The summed E-state index contributed by atoms with van der Waals surface area (Å²) in [4.78, 5) is 11.2. The summed E-state index contributed by atoms with van der Waals surface area (Å²) in [5.41, 5.74) is 0.678. The Balaban J connectivity index is 2.45. The molecule has 1 aromatic rings. The number of rotatable bonds is 4. The maximum absolute atomic E-state index is 11.2. The van der Waals surface area contributed by atoms with Crippen LogP contribution in [0.4, 0.5) is 0 Å². The van der Waals surface area contributed by atoms with Gasteiger partial charge in [0.05, 0.1) is 5.57 Å². The van der Waals surface area contributed by atoms with Crippen LogP contribution in [0.1, 0.15) is 5.56 Å². The molecule has 0 unspecified atom stereocenters. The number of carbonyl (C=O) groups excluding carboxylic acids is 1. The van der Waals surface area contributed by atoms with E-state index >= 15 is 0 Å². The van der Waals surface area contributed by atoms with Crippen molar-refractivity contribution in [3.05, 3.63) is 48.0 Å². The van der Waals surface area contributed by atoms with Gasteiger partial charge in [0, 0.05) is 6.54 Å². The van der Waals surface area contributed by atoms with E-state index in [-0.39, 0.29) is 5.57 Å². The lowest BCUT2D eigenvalue weighted by Crippen LogP contribution is -2.29. The van der Waals surface area contributed by atoms with Crippen molar-refractivity contribution in [2.45, 2.75) is 12.8 Å². The Bertz CT molecular complexity index is 346. The molecule has 0 aliphatic heterocycles. The van der Waals surface area contributed by atoms with Crippen molar-refractivity contribution in [3.63, 3.8) is 0 Å². The Kier molecular flexibility index (Phi) is 4.03. The first-order chi connectivity index (χ1) is 7.11. The van der Waals surface area contributed by atoms with Gasteiger partial charge in [0.25, 0.3) is 5.91 Å². The fourth-order valence-corrected chi connectivity index (χ4v) is 1.01. The minimum Gasteiger partial charge on any atom is -0.364 e. The number of carbonyl (C=O) groups is 1. The number of hydrogen-bond acceptors (Lipinski definition) is 3. The van der Waals surface area contributed by atoms with Gasteiger partial charge in [0.15, 0.2) is 6.29 Å². The highest BCUT2D eigenvalue weighted by molar-refractivity contribution is 5.93. The SMILES string of the molecule is C=C(C(=O)NCc1ccccc1)C(O)O. The molecule has 3 N–H and O–H groups in total. The third-order valence-corrected chi connectivity index (χ3v) is 1.90. The van der Waals surface area contributed by atoms with E-state index in [0.29, 0.717) is 6.54 Å². The van der Waals surface area contributed by atoms with Gasteiger partial charge < -0.3 is 15.5 Å². The van der Waals surface area contributed by atoms with E-state index in [9.17, 15) is 4.79 Å². The molecular weight excluding hydrogens is 194 g/mol. The summed E-state index contributed by atoms with van der Waals surface area (Å²) in [5.74, 6) is -0.561. The number of aliphatic hydroxyl groups is 2. The number of hydrogen-bond donors (Lipinski definition) is 3. The normalized spacial score (nSPS) is 10.1. The second kappa shape index (κ2) is 5.29. The summed E-state index contributed by atoms with van der Waals surface area (Å²) in [6, 6.07) is 9.31. The molecule has 0 fully saturated rings. The number of aliphatic hydroxyl groups excluding tert-OH is 1. The van der Waals surface area contributed by atoms with Crippen LogP contribution in [-0.2, 0) is 11.3 Å². The van der Waals surface area contributed by atoms with E-state index in [0.717, 1.165) is 5.56 Å². The van der Waals surface area contributed by atoms with Crippen molar-refractivity contribution in [2.24, 2.45) is 0 Å². The molecule has 0 aliphatic rings. The molecule has 0 heterocycles. The molecular formula is C11H13NO3. The molecule has 0 bridgehead atoms. The molecule has 1 aromatic carbocycles. The summed E-state index contributed by atoms with van der Waals surface area (Å²) in [6.07, 6.45) is -1.80. The van der Waals surface area contributed by atoms with Gasteiger partial charge in [-0.2, -0.15) is 0 Å². The first-order valence-electron chi connectivity index (χ1n) is 4.48. The van der Waals surface area contributed by atoms with Crippen molar-refractivity contribution in [3.8, 4) is 0 Å². The van der Waals surface area contributed by atoms with Gasteiger partial charge in [0.2, 0.25) is 0 Å². The van der Waals surface area contributed by atoms with Crippen LogP contribution in [0.2, 0.25) is 0 Å². The fourth-order valence-electron chi connectivity index (χ4n) is 1.01. The fraction of sp³-hybridized carbons (Fsp3) is 0.182. The molecule has 0 atom stereocenters. The average molecular weight is 207 g/mol. The van der Waals surface area contributed by atoms with Crippen molar-refractivity contribution in [2.75, 3.05) is 0 Å². The van der Waals surface area contributed by atoms with Gasteiger partial charge >= 0.3 is 0 Å². The highest BCUT2D eigenvalue weighted by atomic mass is 16.5. The molecule has 0 radical (unpaired) electrons. The predicted octanol–water partition coefficient (Wildman–Crippen LogP) is 0.170. The van der Waals surface area contributed by atoms with Crippen molar-refractivity contribution >= 4 is 5.91 Å². The minimum absolute atomic E-state index is 0.258. The molecule has 1 rings (SSSR count). The van der Waals surface area contributed by atoms with Crippen molar-refractivity contribution in [1.29, 1.82) is 0 Å².